The molecule has 1 N–H and O–H groups in total. The molecule has 0 bridgehead atoms. The summed E-state index contributed by atoms with van der Waals surface area (Å²) in [7, 11) is 0. The van der Waals surface area contributed by atoms with Gasteiger partial charge in [-0.3, -0.25) is 9.59 Å². The van der Waals surface area contributed by atoms with Crippen molar-refractivity contribution >= 4 is 46.8 Å². The van der Waals surface area contributed by atoms with E-state index >= 15 is 0 Å². The van der Waals surface area contributed by atoms with Gasteiger partial charge >= 0.3 is 0 Å². The van der Waals surface area contributed by atoms with E-state index in [1.54, 1.807) is 23.1 Å². The van der Waals surface area contributed by atoms with Crippen molar-refractivity contribution in [3.05, 3.63) is 69.5 Å². The van der Waals surface area contributed by atoms with Crippen LogP contribution < -0.4 is 5.32 Å². The van der Waals surface area contributed by atoms with Gasteiger partial charge in [0.2, 0.25) is 11.8 Å². The molecule has 2 aromatic rings. The molecule has 174 valence electrons. The lowest BCUT2D eigenvalue weighted by molar-refractivity contribution is -0.140. The van der Waals surface area contributed by atoms with Crippen molar-refractivity contribution in [2.75, 3.05) is 5.75 Å². The molecule has 0 heterocycles. The highest BCUT2D eigenvalue weighted by atomic mass is 35.5. The molecule has 0 radical (unpaired) electrons. The second-order valence-electron chi connectivity index (χ2n) is 8.47. The molecule has 0 aromatic heterocycles. The summed E-state index contributed by atoms with van der Waals surface area (Å²) in [6.07, 6.45) is 0.446. The predicted octanol–water partition coefficient (Wildman–Crippen LogP) is 6.09. The minimum Gasteiger partial charge on any atom is -0.350 e. The highest BCUT2D eigenvalue weighted by molar-refractivity contribution is 7.99. The first-order valence-electron chi connectivity index (χ1n) is 10.4. The number of hydrogen-bond acceptors (Lipinski definition) is 3. The minimum absolute atomic E-state index is 0.0778. The van der Waals surface area contributed by atoms with Gasteiger partial charge in [0, 0.05) is 33.4 Å². The van der Waals surface area contributed by atoms with E-state index in [9.17, 15) is 14.0 Å². The summed E-state index contributed by atoms with van der Waals surface area (Å²) in [4.78, 5) is 27.8. The highest BCUT2D eigenvalue weighted by Gasteiger charge is 2.31. The number of carbonyl (C=O) groups is 2. The van der Waals surface area contributed by atoms with E-state index in [-0.39, 0.29) is 29.9 Å². The summed E-state index contributed by atoms with van der Waals surface area (Å²) in [5.41, 5.74) is 0.689. The van der Waals surface area contributed by atoms with Gasteiger partial charge in [0.05, 0.1) is 5.75 Å². The van der Waals surface area contributed by atoms with Crippen LogP contribution >= 0.6 is 35.0 Å². The summed E-state index contributed by atoms with van der Waals surface area (Å²) >= 11 is 13.7. The first-order chi connectivity index (χ1) is 15.0. The Hall–Kier alpha value is -1.76. The summed E-state index contributed by atoms with van der Waals surface area (Å²) in [6.45, 7) is 7.76. The number of benzene rings is 2. The van der Waals surface area contributed by atoms with Gasteiger partial charge in [-0.1, -0.05) is 54.4 Å². The monoisotopic (exact) mass is 498 g/mol. The molecule has 0 fully saturated rings. The van der Waals surface area contributed by atoms with Gasteiger partial charge < -0.3 is 10.2 Å². The standard InChI is InChI=1S/C24H29Cl2FN2O2S/c1-5-21(23(31)28-24(2,3)4)29(13-16-9-6-7-10-18(16)25)22(30)15-32-14-17-19(26)11-8-12-20(17)27/h6-12,21H,5,13-15H2,1-4H3,(H,28,31)/t21-/m0/s1. The molecule has 0 saturated carbocycles. The molecule has 0 aliphatic carbocycles. The Morgan fingerprint density at radius 1 is 1.09 bits per heavy atom. The van der Waals surface area contributed by atoms with Gasteiger partial charge in [0.1, 0.15) is 11.9 Å². The molecule has 0 unspecified atom stereocenters. The number of rotatable bonds is 9. The number of hydrogen-bond donors (Lipinski definition) is 1. The summed E-state index contributed by atoms with van der Waals surface area (Å²) < 4.78 is 14.1. The van der Waals surface area contributed by atoms with Crippen LogP contribution in [0.4, 0.5) is 4.39 Å². The zero-order chi connectivity index (χ0) is 23.9. The lowest BCUT2D eigenvalue weighted by atomic mass is 10.1. The molecule has 0 saturated heterocycles. The van der Waals surface area contributed by atoms with E-state index in [0.29, 0.717) is 22.0 Å². The fourth-order valence-electron chi connectivity index (χ4n) is 3.18. The van der Waals surface area contributed by atoms with Gasteiger partial charge in [0.15, 0.2) is 0 Å². The number of nitrogens with one attached hydrogen (secondary N) is 1. The summed E-state index contributed by atoms with van der Waals surface area (Å²) in [5, 5.41) is 3.82. The van der Waals surface area contributed by atoms with Crippen molar-refractivity contribution in [2.24, 2.45) is 0 Å². The fourth-order valence-corrected chi connectivity index (χ4v) is 4.62. The molecule has 2 rings (SSSR count). The van der Waals surface area contributed by atoms with Crippen molar-refractivity contribution < 1.29 is 14.0 Å². The van der Waals surface area contributed by atoms with Crippen molar-refractivity contribution in [1.82, 2.24) is 10.2 Å². The van der Waals surface area contributed by atoms with Crippen LogP contribution in [-0.4, -0.2) is 34.0 Å². The lowest BCUT2D eigenvalue weighted by Crippen LogP contribution is -2.53. The Bertz CT molecular complexity index is 930. The van der Waals surface area contributed by atoms with Crippen LogP contribution in [0.15, 0.2) is 42.5 Å². The Kier molecular flexibility index (Phi) is 9.86. The summed E-state index contributed by atoms with van der Waals surface area (Å²) in [5.74, 6) is -0.515. The fraction of sp³-hybridized carbons (Fsp3) is 0.417. The molecule has 0 aliphatic rings. The SMILES string of the molecule is CC[C@@H](C(=O)NC(C)(C)C)N(Cc1ccccc1Cl)C(=O)CSCc1c(F)cccc1Cl. The minimum atomic E-state index is -0.657. The van der Waals surface area contributed by atoms with Crippen molar-refractivity contribution in [3.63, 3.8) is 0 Å². The van der Waals surface area contributed by atoms with Crippen molar-refractivity contribution in [2.45, 2.75) is 58.0 Å². The zero-order valence-electron chi connectivity index (χ0n) is 18.8. The molecular weight excluding hydrogens is 470 g/mol. The van der Waals surface area contributed by atoms with Gasteiger partial charge in [-0.05, 0) is 51.0 Å². The third-order valence-corrected chi connectivity index (χ3v) is 6.38. The largest absolute Gasteiger partial charge is 0.350 e. The quantitative estimate of drug-likeness (QED) is 0.455. The van der Waals surface area contributed by atoms with Gasteiger partial charge in [-0.2, -0.15) is 0 Å². The van der Waals surface area contributed by atoms with Crippen LogP contribution in [0.5, 0.6) is 0 Å². The molecule has 1 atom stereocenters. The van der Waals surface area contributed by atoms with E-state index in [1.165, 1.54) is 17.8 Å². The molecule has 2 aromatic carbocycles. The van der Waals surface area contributed by atoms with Crippen LogP contribution in [0.25, 0.3) is 0 Å². The Balaban J connectivity index is 2.21. The van der Waals surface area contributed by atoms with Crippen molar-refractivity contribution in [1.29, 1.82) is 0 Å². The number of halogens is 3. The molecule has 32 heavy (non-hydrogen) atoms. The normalized spacial score (nSPS) is 12.3. The average molecular weight is 499 g/mol. The van der Waals surface area contributed by atoms with Crippen LogP contribution in [0.3, 0.4) is 0 Å². The molecule has 8 heteroatoms. The number of nitrogens with zero attached hydrogens (tertiary/aromatic N) is 1. The number of thioether (sulfide) groups is 1. The zero-order valence-corrected chi connectivity index (χ0v) is 21.1. The lowest BCUT2D eigenvalue weighted by Gasteiger charge is -2.33. The third kappa shape index (κ3) is 7.68. The molecule has 0 spiro atoms. The maximum absolute atomic E-state index is 14.1. The second-order valence-corrected chi connectivity index (χ2v) is 10.3. The van der Waals surface area contributed by atoms with E-state index in [2.05, 4.69) is 5.32 Å². The van der Waals surface area contributed by atoms with E-state index in [4.69, 9.17) is 23.2 Å². The van der Waals surface area contributed by atoms with Crippen molar-refractivity contribution in [3.8, 4) is 0 Å². The smallest absolute Gasteiger partial charge is 0.243 e. The third-order valence-electron chi connectivity index (χ3n) is 4.72. The topological polar surface area (TPSA) is 49.4 Å². The maximum Gasteiger partial charge on any atom is 0.243 e. The van der Waals surface area contributed by atoms with Gasteiger partial charge in [0.25, 0.3) is 0 Å². The number of amides is 2. The van der Waals surface area contributed by atoms with E-state index < -0.39 is 17.4 Å². The van der Waals surface area contributed by atoms with Gasteiger partial charge in [-0.15, -0.1) is 11.8 Å². The molecule has 2 amide bonds. The molecule has 0 aliphatic heterocycles. The Morgan fingerprint density at radius 2 is 1.75 bits per heavy atom. The first kappa shape index (κ1) is 26.5. The maximum atomic E-state index is 14.1. The average Bonchev–Trinajstić information content (AvgIpc) is 2.70. The highest BCUT2D eigenvalue weighted by Crippen LogP contribution is 2.25. The molecular formula is C24H29Cl2FN2O2S. The Morgan fingerprint density at radius 3 is 2.34 bits per heavy atom. The van der Waals surface area contributed by atoms with Crippen LogP contribution in [0, 0.1) is 5.82 Å². The summed E-state index contributed by atoms with van der Waals surface area (Å²) in [6, 6.07) is 11.1. The van der Waals surface area contributed by atoms with Crippen LogP contribution in [0.1, 0.15) is 45.2 Å². The number of carbonyl (C=O) groups excluding carboxylic acids is 2. The Labute approximate surface area is 203 Å². The predicted molar refractivity (Wildman–Crippen MR) is 132 cm³/mol. The second kappa shape index (κ2) is 11.9. The molecule has 4 nitrogen and oxygen atoms in total. The van der Waals surface area contributed by atoms with E-state index in [1.807, 2.05) is 45.9 Å². The van der Waals surface area contributed by atoms with Crippen LogP contribution in [-0.2, 0) is 21.9 Å². The van der Waals surface area contributed by atoms with E-state index in [0.717, 1.165) is 5.56 Å². The van der Waals surface area contributed by atoms with Gasteiger partial charge in [-0.25, -0.2) is 4.39 Å². The first-order valence-corrected chi connectivity index (χ1v) is 12.3. The van der Waals surface area contributed by atoms with Crippen LogP contribution in [0.2, 0.25) is 10.0 Å².